The van der Waals surface area contributed by atoms with Crippen LogP contribution in [0.2, 0.25) is 0 Å². The zero-order valence-corrected chi connectivity index (χ0v) is 11.6. The quantitative estimate of drug-likeness (QED) is 0.434. The second-order valence-electron chi connectivity index (χ2n) is 4.86. The van der Waals surface area contributed by atoms with Gasteiger partial charge in [-0.3, -0.25) is 4.79 Å². The fourth-order valence-corrected chi connectivity index (χ4v) is 2.87. The molecule has 0 heterocycles. The Morgan fingerprint density at radius 3 is 2.19 bits per heavy atom. The third-order valence-electron chi connectivity index (χ3n) is 3.86. The van der Waals surface area contributed by atoms with E-state index in [2.05, 4.69) is 34.6 Å². The smallest absolute Gasteiger partial charge is 0.142 e. The molecule has 0 rings (SSSR count). The predicted octanol–water partition coefficient (Wildman–Crippen LogP) is 4.62. The van der Waals surface area contributed by atoms with Gasteiger partial charge in [0.05, 0.1) is 0 Å². The van der Waals surface area contributed by atoms with E-state index >= 15 is 0 Å². The van der Waals surface area contributed by atoms with Crippen LogP contribution in [0.4, 0.5) is 0 Å². The monoisotopic (exact) mass is 224 g/mol. The zero-order valence-electron chi connectivity index (χ0n) is 11.6. The van der Waals surface area contributed by atoms with E-state index in [4.69, 9.17) is 0 Å². The highest BCUT2D eigenvalue weighted by Crippen LogP contribution is 2.33. The van der Waals surface area contributed by atoms with Gasteiger partial charge in [-0.05, 0) is 30.3 Å². The fraction of sp³-hybridized carbons (Fsp3) is 0.800. The van der Waals surface area contributed by atoms with Crippen molar-refractivity contribution in [1.82, 2.24) is 0 Å². The molecule has 0 aliphatic heterocycles. The molecule has 0 aromatic heterocycles. The summed E-state index contributed by atoms with van der Waals surface area (Å²) in [4.78, 5) is 10.6. The summed E-state index contributed by atoms with van der Waals surface area (Å²) in [5.74, 6) is 2.01. The molecular formula is C15H28O. The second kappa shape index (κ2) is 8.55. The van der Waals surface area contributed by atoms with Gasteiger partial charge in [0.15, 0.2) is 0 Å². The molecule has 0 aliphatic carbocycles. The van der Waals surface area contributed by atoms with Gasteiger partial charge in [-0.25, -0.2) is 0 Å². The van der Waals surface area contributed by atoms with E-state index in [-0.39, 0.29) is 0 Å². The molecule has 0 bridgehead atoms. The van der Waals surface area contributed by atoms with Gasteiger partial charge in [-0.1, -0.05) is 59.5 Å². The predicted molar refractivity (Wildman–Crippen MR) is 71.5 cm³/mol. The number of hydrogen-bond donors (Lipinski definition) is 0. The minimum Gasteiger partial charge on any atom is -0.299 e. The van der Waals surface area contributed by atoms with Crippen molar-refractivity contribution in [3.05, 3.63) is 11.6 Å². The molecule has 3 unspecified atom stereocenters. The molecule has 94 valence electrons. The number of hydrogen-bond acceptors (Lipinski definition) is 1. The van der Waals surface area contributed by atoms with E-state index < -0.39 is 0 Å². The molecule has 0 aliphatic rings. The van der Waals surface area contributed by atoms with E-state index in [0.717, 1.165) is 18.6 Å². The van der Waals surface area contributed by atoms with Gasteiger partial charge in [0.1, 0.15) is 6.29 Å². The molecule has 0 N–H and O–H groups in total. The maximum atomic E-state index is 10.6. The molecule has 0 amide bonds. The van der Waals surface area contributed by atoms with Gasteiger partial charge in [0.25, 0.3) is 0 Å². The first-order valence-corrected chi connectivity index (χ1v) is 6.76. The summed E-state index contributed by atoms with van der Waals surface area (Å²) >= 11 is 0. The zero-order chi connectivity index (χ0) is 12.6. The summed E-state index contributed by atoms with van der Waals surface area (Å²) in [7, 11) is 0. The van der Waals surface area contributed by atoms with Crippen LogP contribution >= 0.6 is 0 Å². The molecule has 0 fully saturated rings. The van der Waals surface area contributed by atoms with Crippen LogP contribution in [0.3, 0.4) is 0 Å². The topological polar surface area (TPSA) is 17.1 Å². The number of rotatable bonds is 8. The number of carbonyl (C=O) groups is 1. The Balaban J connectivity index is 4.67. The SMILES string of the molecule is CCCC(C)C(CC)C(C)/C(=C\C=O)CC. The highest BCUT2D eigenvalue weighted by Gasteiger charge is 2.23. The van der Waals surface area contributed by atoms with Crippen LogP contribution in [0.25, 0.3) is 0 Å². The van der Waals surface area contributed by atoms with Crippen LogP contribution in [-0.2, 0) is 4.79 Å². The van der Waals surface area contributed by atoms with Crippen molar-refractivity contribution >= 4 is 6.29 Å². The van der Waals surface area contributed by atoms with Gasteiger partial charge >= 0.3 is 0 Å². The van der Waals surface area contributed by atoms with E-state index in [1.807, 2.05) is 0 Å². The lowest BCUT2D eigenvalue weighted by Crippen LogP contribution is -2.21. The van der Waals surface area contributed by atoms with Crippen molar-refractivity contribution in [2.75, 3.05) is 0 Å². The summed E-state index contributed by atoms with van der Waals surface area (Å²) in [6, 6.07) is 0. The lowest BCUT2D eigenvalue weighted by atomic mass is 9.75. The van der Waals surface area contributed by atoms with Crippen LogP contribution < -0.4 is 0 Å². The summed E-state index contributed by atoms with van der Waals surface area (Å²) in [5.41, 5.74) is 1.31. The summed E-state index contributed by atoms with van der Waals surface area (Å²) in [5, 5.41) is 0. The van der Waals surface area contributed by atoms with Gasteiger partial charge in [0.2, 0.25) is 0 Å². The first-order chi connectivity index (χ1) is 7.62. The number of allylic oxidation sites excluding steroid dienone is 2. The van der Waals surface area contributed by atoms with Crippen molar-refractivity contribution in [2.45, 2.75) is 60.3 Å². The van der Waals surface area contributed by atoms with Crippen molar-refractivity contribution in [2.24, 2.45) is 17.8 Å². The Morgan fingerprint density at radius 1 is 1.19 bits per heavy atom. The normalized spacial score (nSPS) is 17.9. The Morgan fingerprint density at radius 2 is 1.81 bits per heavy atom. The minimum atomic E-state index is 0.543. The maximum Gasteiger partial charge on any atom is 0.142 e. The second-order valence-corrected chi connectivity index (χ2v) is 4.86. The van der Waals surface area contributed by atoms with Crippen molar-refractivity contribution in [3.63, 3.8) is 0 Å². The van der Waals surface area contributed by atoms with Gasteiger partial charge in [-0.2, -0.15) is 0 Å². The van der Waals surface area contributed by atoms with Crippen molar-refractivity contribution < 1.29 is 4.79 Å². The lowest BCUT2D eigenvalue weighted by Gasteiger charge is -2.30. The largest absolute Gasteiger partial charge is 0.299 e. The van der Waals surface area contributed by atoms with E-state index in [1.54, 1.807) is 6.08 Å². The van der Waals surface area contributed by atoms with Gasteiger partial charge in [-0.15, -0.1) is 0 Å². The van der Waals surface area contributed by atoms with Crippen LogP contribution in [0, 0.1) is 17.8 Å². The number of carbonyl (C=O) groups excluding carboxylic acids is 1. The van der Waals surface area contributed by atoms with Crippen molar-refractivity contribution in [1.29, 1.82) is 0 Å². The van der Waals surface area contributed by atoms with Crippen molar-refractivity contribution in [3.8, 4) is 0 Å². The summed E-state index contributed by atoms with van der Waals surface area (Å²) in [6.45, 7) is 11.3. The molecule has 0 radical (unpaired) electrons. The van der Waals surface area contributed by atoms with Crippen LogP contribution in [-0.4, -0.2) is 6.29 Å². The van der Waals surface area contributed by atoms with Crippen LogP contribution in [0.1, 0.15) is 60.3 Å². The van der Waals surface area contributed by atoms with Crippen LogP contribution in [0.15, 0.2) is 11.6 Å². The van der Waals surface area contributed by atoms with E-state index in [0.29, 0.717) is 11.8 Å². The van der Waals surface area contributed by atoms with Gasteiger partial charge < -0.3 is 0 Å². The Hall–Kier alpha value is -0.590. The molecule has 0 aromatic rings. The molecular weight excluding hydrogens is 196 g/mol. The average molecular weight is 224 g/mol. The Labute approximate surface area is 101 Å². The van der Waals surface area contributed by atoms with Gasteiger partial charge in [0, 0.05) is 0 Å². The minimum absolute atomic E-state index is 0.543. The Kier molecular flexibility index (Phi) is 8.23. The molecule has 0 aromatic carbocycles. The van der Waals surface area contributed by atoms with Crippen LogP contribution in [0.5, 0.6) is 0 Å². The lowest BCUT2D eigenvalue weighted by molar-refractivity contribution is -0.104. The molecule has 16 heavy (non-hydrogen) atoms. The maximum absolute atomic E-state index is 10.6. The molecule has 3 atom stereocenters. The first kappa shape index (κ1) is 15.4. The summed E-state index contributed by atoms with van der Waals surface area (Å²) < 4.78 is 0. The molecule has 1 nitrogen and oxygen atoms in total. The highest BCUT2D eigenvalue weighted by molar-refractivity contribution is 5.66. The fourth-order valence-electron chi connectivity index (χ4n) is 2.87. The molecule has 1 heteroatoms. The summed E-state index contributed by atoms with van der Waals surface area (Å²) in [6.07, 6.45) is 7.45. The number of aldehydes is 1. The molecule has 0 spiro atoms. The molecule has 0 saturated carbocycles. The molecule has 0 saturated heterocycles. The highest BCUT2D eigenvalue weighted by atomic mass is 16.1. The van der Waals surface area contributed by atoms with E-state index in [9.17, 15) is 4.79 Å². The first-order valence-electron chi connectivity index (χ1n) is 6.76. The standard InChI is InChI=1S/C15H28O/c1-6-9-12(4)15(8-3)13(5)14(7-2)10-11-16/h10-13,15H,6-9H2,1-5H3/b14-10-. The Bertz CT molecular complexity index is 217. The van der Waals surface area contributed by atoms with E-state index in [1.165, 1.54) is 24.8 Å². The third kappa shape index (κ3) is 4.51. The third-order valence-corrected chi connectivity index (χ3v) is 3.86. The average Bonchev–Trinajstić information content (AvgIpc) is 2.27.